The number of hydrogen-bond donors (Lipinski definition) is 4. The lowest BCUT2D eigenvalue weighted by molar-refractivity contribution is -0.735. The Labute approximate surface area is 181 Å². The van der Waals surface area contributed by atoms with Crippen molar-refractivity contribution in [1.29, 1.82) is 0 Å². The number of hydrogen-bond acceptors (Lipinski definition) is 7. The normalized spacial score (nSPS) is 25.6. The Bertz CT molecular complexity index is 1060. The lowest BCUT2D eigenvalue weighted by atomic mass is 9.77. The molecule has 2 aliphatic rings. The molecule has 5 N–H and O–H groups in total. The lowest BCUT2D eigenvalue weighted by Crippen LogP contribution is -2.63. The number of β-lactam (4-membered cyclic amide) rings is 1. The summed E-state index contributed by atoms with van der Waals surface area (Å²) in [6.45, 7) is 4.01. The summed E-state index contributed by atoms with van der Waals surface area (Å²) in [7, 11) is 0. The van der Waals surface area contributed by atoms with Crippen LogP contribution in [0.3, 0.4) is 0 Å². The molecule has 1 fully saturated rings. The first-order valence-electron chi connectivity index (χ1n) is 9.66. The molecular formula is C19H25N4O5S2+. The number of aromatic nitrogens is 2. The summed E-state index contributed by atoms with van der Waals surface area (Å²) >= 11 is 2.99. The molecule has 0 radical (unpaired) electrons. The topological polar surface area (TPSA) is 132 Å². The predicted octanol–water partition coefficient (Wildman–Crippen LogP) is -0.0170. The van der Waals surface area contributed by atoms with Crippen LogP contribution in [0.1, 0.15) is 18.7 Å². The molecule has 0 spiro atoms. The molecule has 0 aromatic carbocycles. The SMILES string of the molecule is CSc1c2sc(C3=C(C(=O)O)N4C(=O)[C@H](C(C)O)[C@H]4[C@@H]3C)cn2c[n+]1C[C@H](O)CN. The maximum atomic E-state index is 12.5. The zero-order valence-corrected chi connectivity index (χ0v) is 18.5. The molecule has 0 aliphatic carbocycles. The third-order valence-electron chi connectivity index (χ3n) is 5.92. The summed E-state index contributed by atoms with van der Waals surface area (Å²) in [6, 6.07) is -0.343. The first-order chi connectivity index (χ1) is 14.2. The molecule has 9 nitrogen and oxygen atoms in total. The zero-order valence-electron chi connectivity index (χ0n) is 16.8. The third-order valence-corrected chi connectivity index (χ3v) is 8.00. The van der Waals surface area contributed by atoms with Gasteiger partial charge in [-0.2, -0.15) is 4.40 Å². The van der Waals surface area contributed by atoms with Crippen LogP contribution in [-0.4, -0.2) is 67.5 Å². The van der Waals surface area contributed by atoms with Gasteiger partial charge in [0.2, 0.25) is 15.8 Å². The van der Waals surface area contributed by atoms with Crippen LogP contribution in [0.25, 0.3) is 10.4 Å². The van der Waals surface area contributed by atoms with Crippen LogP contribution in [-0.2, 0) is 16.1 Å². The number of rotatable bonds is 7. The second-order valence-electron chi connectivity index (χ2n) is 7.80. The van der Waals surface area contributed by atoms with Gasteiger partial charge in [-0.1, -0.05) is 30.0 Å². The van der Waals surface area contributed by atoms with E-state index in [1.807, 2.05) is 34.7 Å². The number of thiazole rings is 1. The number of amides is 1. The molecule has 1 unspecified atom stereocenters. The summed E-state index contributed by atoms with van der Waals surface area (Å²) in [6.07, 6.45) is 4.19. The number of carbonyl (C=O) groups is 2. The number of imidazole rings is 1. The number of aliphatic carboxylic acids is 1. The molecule has 162 valence electrons. The molecule has 0 saturated carbocycles. The maximum absolute atomic E-state index is 12.5. The fourth-order valence-electron chi connectivity index (χ4n) is 4.59. The van der Waals surface area contributed by atoms with E-state index in [1.54, 1.807) is 6.92 Å². The Balaban J connectivity index is 1.79. The van der Waals surface area contributed by atoms with Crippen molar-refractivity contribution in [1.82, 2.24) is 9.30 Å². The Morgan fingerprint density at radius 2 is 2.13 bits per heavy atom. The molecule has 2 aromatic heterocycles. The van der Waals surface area contributed by atoms with Gasteiger partial charge in [-0.3, -0.25) is 4.79 Å². The molecule has 1 saturated heterocycles. The van der Waals surface area contributed by atoms with E-state index < -0.39 is 24.1 Å². The van der Waals surface area contributed by atoms with Gasteiger partial charge in [0.15, 0.2) is 0 Å². The number of carboxylic acid groups (broad SMARTS) is 1. The van der Waals surface area contributed by atoms with Crippen molar-refractivity contribution in [3.63, 3.8) is 0 Å². The van der Waals surface area contributed by atoms with Gasteiger partial charge < -0.3 is 26.0 Å². The molecule has 1 amide bonds. The van der Waals surface area contributed by atoms with Crippen LogP contribution in [0.4, 0.5) is 0 Å². The van der Waals surface area contributed by atoms with Gasteiger partial charge in [0.25, 0.3) is 6.33 Å². The Morgan fingerprint density at radius 3 is 2.70 bits per heavy atom. The van der Waals surface area contributed by atoms with Crippen LogP contribution in [0.15, 0.2) is 23.2 Å². The van der Waals surface area contributed by atoms with Crippen molar-refractivity contribution in [2.24, 2.45) is 17.6 Å². The molecule has 11 heteroatoms. The number of thioether (sulfide) groups is 1. The summed E-state index contributed by atoms with van der Waals surface area (Å²) in [5, 5.41) is 30.7. The minimum absolute atomic E-state index is 0.0102. The number of nitrogens with zero attached hydrogens (tertiary/aromatic N) is 3. The molecule has 30 heavy (non-hydrogen) atoms. The van der Waals surface area contributed by atoms with Gasteiger partial charge >= 0.3 is 5.97 Å². The molecule has 0 bridgehead atoms. The molecular weight excluding hydrogens is 428 g/mol. The monoisotopic (exact) mass is 453 g/mol. The summed E-state index contributed by atoms with van der Waals surface area (Å²) in [5.41, 5.74) is 6.17. The third kappa shape index (κ3) is 2.99. The number of carbonyl (C=O) groups excluding carboxylic acids is 1. The van der Waals surface area contributed by atoms with Crippen molar-refractivity contribution >= 4 is 45.4 Å². The Hall–Kier alpha value is -1.92. The second-order valence-corrected chi connectivity index (χ2v) is 9.62. The van der Waals surface area contributed by atoms with Gasteiger partial charge in [0.05, 0.1) is 22.9 Å². The average molecular weight is 454 g/mol. The highest BCUT2D eigenvalue weighted by Crippen LogP contribution is 2.51. The van der Waals surface area contributed by atoms with E-state index in [9.17, 15) is 24.9 Å². The molecule has 2 aliphatic heterocycles. The van der Waals surface area contributed by atoms with Gasteiger partial charge in [-0.05, 0) is 13.2 Å². The fraction of sp³-hybridized carbons (Fsp3) is 0.526. The van der Waals surface area contributed by atoms with Gasteiger partial charge in [-0.25, -0.2) is 9.36 Å². The highest BCUT2D eigenvalue weighted by Gasteiger charge is 2.60. The van der Waals surface area contributed by atoms with Crippen LogP contribution < -0.4 is 10.3 Å². The minimum atomic E-state index is -1.14. The van der Waals surface area contributed by atoms with Crippen LogP contribution in [0.2, 0.25) is 0 Å². The predicted molar refractivity (Wildman–Crippen MR) is 112 cm³/mol. The van der Waals surface area contributed by atoms with Gasteiger partial charge in [0, 0.05) is 18.0 Å². The largest absolute Gasteiger partial charge is 0.477 e. The molecule has 2 aromatic rings. The highest BCUT2D eigenvalue weighted by molar-refractivity contribution is 7.98. The van der Waals surface area contributed by atoms with E-state index in [0.29, 0.717) is 12.1 Å². The average Bonchev–Trinajstić information content (AvgIpc) is 3.28. The van der Waals surface area contributed by atoms with Crippen LogP contribution in [0, 0.1) is 11.8 Å². The van der Waals surface area contributed by atoms with Gasteiger partial charge in [-0.15, -0.1) is 0 Å². The van der Waals surface area contributed by atoms with E-state index in [0.717, 1.165) is 14.7 Å². The van der Waals surface area contributed by atoms with Crippen LogP contribution in [0.5, 0.6) is 0 Å². The van der Waals surface area contributed by atoms with Crippen molar-refractivity contribution in [3.05, 3.63) is 23.1 Å². The number of carboxylic acids is 1. The highest BCUT2D eigenvalue weighted by atomic mass is 32.2. The summed E-state index contributed by atoms with van der Waals surface area (Å²) in [5.74, 6) is -2.27. The Kier molecular flexibility index (Phi) is 5.43. The zero-order chi connectivity index (χ0) is 21.9. The summed E-state index contributed by atoms with van der Waals surface area (Å²) in [4.78, 5) is 27.7. The Morgan fingerprint density at radius 1 is 1.43 bits per heavy atom. The maximum Gasteiger partial charge on any atom is 0.352 e. The smallest absolute Gasteiger partial charge is 0.352 e. The first kappa shape index (κ1) is 21.3. The van der Waals surface area contributed by atoms with E-state index >= 15 is 0 Å². The standard InChI is InChI=1S/C19H24N4O5S2/c1-8-12(15(19(27)28)23-14(8)13(9(2)24)16(23)26)11-6-22-7-21(5-10(25)4-20)17(29-3)18(22)30-11/h6-10,13-14,24-25H,4-5,20H2,1-3H3/p+1/t8-,9?,10-,13-,14-/m1/s1. The molecule has 5 atom stereocenters. The number of fused-ring (bicyclic) bond motifs is 2. The van der Waals surface area contributed by atoms with E-state index in [1.165, 1.54) is 28.0 Å². The van der Waals surface area contributed by atoms with Crippen molar-refractivity contribution < 1.29 is 29.5 Å². The second kappa shape index (κ2) is 7.65. The first-order valence-corrected chi connectivity index (χ1v) is 11.7. The number of aliphatic hydroxyl groups is 2. The summed E-state index contributed by atoms with van der Waals surface area (Å²) < 4.78 is 3.85. The van der Waals surface area contributed by atoms with Crippen molar-refractivity contribution in [3.8, 4) is 0 Å². The van der Waals surface area contributed by atoms with E-state index in [4.69, 9.17) is 5.73 Å². The molecule has 4 rings (SSSR count). The quantitative estimate of drug-likeness (QED) is 0.263. The van der Waals surface area contributed by atoms with Crippen molar-refractivity contribution in [2.75, 3.05) is 12.8 Å². The fourth-order valence-corrected chi connectivity index (χ4v) is 6.78. The molecule has 4 heterocycles. The van der Waals surface area contributed by atoms with Crippen LogP contribution >= 0.6 is 23.1 Å². The number of aliphatic hydroxyl groups excluding tert-OH is 2. The van der Waals surface area contributed by atoms with E-state index in [-0.39, 0.29) is 30.1 Å². The van der Waals surface area contributed by atoms with E-state index in [2.05, 4.69) is 0 Å². The number of nitrogens with two attached hydrogens (primary N) is 1. The lowest BCUT2D eigenvalue weighted by Gasteiger charge is -2.46. The van der Waals surface area contributed by atoms with Crippen molar-refractivity contribution in [2.45, 2.75) is 43.7 Å². The minimum Gasteiger partial charge on any atom is -0.477 e. The van der Waals surface area contributed by atoms with Gasteiger partial charge in [0.1, 0.15) is 24.5 Å².